The van der Waals surface area contributed by atoms with Crippen molar-refractivity contribution in [2.45, 2.75) is 13.8 Å². The monoisotopic (exact) mass is 828 g/mol. The van der Waals surface area contributed by atoms with Gasteiger partial charge in [-0.05, 0) is 0 Å². The van der Waals surface area contributed by atoms with Crippen molar-refractivity contribution >= 4 is 58.1 Å². The van der Waals surface area contributed by atoms with E-state index in [0.717, 1.165) is 43.3 Å². The molecule has 4 heterocycles. The van der Waals surface area contributed by atoms with Gasteiger partial charge >= 0.3 is 282 Å². The number of aryl methyl sites for hydroxylation is 2. The summed E-state index contributed by atoms with van der Waals surface area (Å²) >= 11 is 0.281. The van der Waals surface area contributed by atoms with Crippen LogP contribution in [0.4, 0.5) is 26.6 Å². The summed E-state index contributed by atoms with van der Waals surface area (Å²) in [7, 11) is -6.00. The molecule has 0 spiro atoms. The summed E-state index contributed by atoms with van der Waals surface area (Å²) in [5, 5.41) is 8.11. The Bertz CT molecular complexity index is 1720. The standard InChI is InChI=1S/2C16H13N4Se.BF4.Co/c2*1-12-5-7-13(8-6-12)15-11-21-16(19-15)20-18-10-14-4-2-3-9-17-14;2-1(3,4)5;/h2*2-11H,1H3;;/q3*-1;+3/b2*18-10+;;. The fraction of sp³-hybridized carbons (Fsp3) is 0.0625. The van der Waals surface area contributed by atoms with Gasteiger partial charge in [-0.25, -0.2) is 0 Å². The molecule has 2 aromatic carbocycles. The van der Waals surface area contributed by atoms with Crippen LogP contribution in [0.2, 0.25) is 0 Å². The Morgan fingerprint density at radius 3 is 1.31 bits per heavy atom. The van der Waals surface area contributed by atoms with E-state index in [1.54, 1.807) is 24.8 Å². The molecule has 4 aromatic heterocycles. The molecule has 6 rings (SSSR count). The fourth-order valence-corrected chi connectivity index (χ4v) is 6.25. The molecular weight excluding hydrogens is 800 g/mol. The molecule has 0 amide bonds. The van der Waals surface area contributed by atoms with Crippen LogP contribution < -0.4 is 0 Å². The van der Waals surface area contributed by atoms with Crippen LogP contribution >= 0.6 is 0 Å². The molecular formula is C32H26BCoF4N8Se2. The van der Waals surface area contributed by atoms with Gasteiger partial charge in [-0.2, -0.15) is 0 Å². The molecule has 0 unspecified atom stereocenters. The van der Waals surface area contributed by atoms with Gasteiger partial charge in [0.2, 0.25) is 0 Å². The smallest absolute Gasteiger partial charge is 0.418 e. The summed E-state index contributed by atoms with van der Waals surface area (Å²) < 4.78 is 40.6. The van der Waals surface area contributed by atoms with Gasteiger partial charge in [-0.3, -0.25) is 0 Å². The zero-order valence-electron chi connectivity index (χ0n) is 25.4. The third-order valence-corrected chi connectivity index (χ3v) is 8.76. The van der Waals surface area contributed by atoms with Crippen LogP contribution in [0.25, 0.3) is 33.4 Å². The van der Waals surface area contributed by atoms with E-state index in [-0.39, 0.29) is 45.8 Å². The molecule has 0 radical (unpaired) electrons. The summed E-state index contributed by atoms with van der Waals surface area (Å²) in [5.41, 5.74) is 16.6. The average molecular weight is 826 g/mol. The third-order valence-electron chi connectivity index (χ3n) is 5.72. The molecule has 0 aliphatic carbocycles. The molecule has 0 bridgehead atoms. The van der Waals surface area contributed by atoms with Crippen molar-refractivity contribution < 1.29 is 34.0 Å². The number of hydrogen-bond donors (Lipinski definition) is 0. The Labute approximate surface area is 297 Å². The Balaban J connectivity index is 0.000000225. The molecule has 8 nitrogen and oxygen atoms in total. The van der Waals surface area contributed by atoms with E-state index >= 15 is 0 Å². The van der Waals surface area contributed by atoms with E-state index in [1.165, 1.54) is 11.1 Å². The summed E-state index contributed by atoms with van der Waals surface area (Å²) in [5.74, 6) is 0. The molecule has 0 aliphatic heterocycles. The van der Waals surface area contributed by atoms with E-state index < -0.39 is 7.25 Å². The minimum atomic E-state index is -6.00. The quantitative estimate of drug-likeness (QED) is 0.0666. The SMILES string of the molecule is Cc1ccc(-c2c[se]c([N-]/N=C/c3ccccn3)n2)cc1.Cc1ccc(-c2c[se]c([N-]/N=C/c3ccccn3)n2)cc1.F[B-](F)(F)F.[Co+3]. The predicted octanol–water partition coefficient (Wildman–Crippen LogP) is 8.39. The molecule has 0 N–H and O–H groups in total. The Kier molecular flexibility index (Phi) is 15.6. The normalized spacial score (nSPS) is 10.8. The van der Waals surface area contributed by atoms with Gasteiger partial charge in [0.1, 0.15) is 0 Å². The molecule has 0 fully saturated rings. The number of nitrogens with zero attached hydrogens (tertiary/aromatic N) is 8. The second-order valence-electron chi connectivity index (χ2n) is 9.46. The number of halogens is 4. The van der Waals surface area contributed by atoms with Crippen molar-refractivity contribution in [3.8, 4) is 22.5 Å². The molecule has 0 aliphatic rings. The van der Waals surface area contributed by atoms with Gasteiger partial charge in [-0.1, -0.05) is 0 Å². The minimum Gasteiger partial charge on any atom is -0.418 e. The topological polar surface area (TPSA) is 104 Å². The summed E-state index contributed by atoms with van der Waals surface area (Å²) in [4.78, 5) is 21.6. The Hall–Kier alpha value is -4.17. The van der Waals surface area contributed by atoms with Crippen LogP contribution in [0.5, 0.6) is 0 Å². The zero-order chi connectivity index (χ0) is 33.5. The first kappa shape index (κ1) is 38.3. The van der Waals surface area contributed by atoms with Crippen LogP contribution in [0.15, 0.2) is 117 Å². The molecule has 6 aromatic rings. The Morgan fingerprint density at radius 1 is 0.604 bits per heavy atom. The number of rotatable bonds is 8. The fourth-order valence-electron chi connectivity index (χ4n) is 3.51. The van der Waals surface area contributed by atoms with E-state index in [2.05, 4.69) is 113 Å². The van der Waals surface area contributed by atoms with Crippen molar-refractivity contribution in [1.82, 2.24) is 19.9 Å². The number of benzene rings is 2. The zero-order valence-corrected chi connectivity index (χ0v) is 29.8. The number of hydrogen-bond acceptors (Lipinski definition) is 6. The summed E-state index contributed by atoms with van der Waals surface area (Å²) in [6, 6.07) is 28.1. The number of pyridine rings is 2. The van der Waals surface area contributed by atoms with Gasteiger partial charge in [-0.15, -0.1) is 0 Å². The van der Waals surface area contributed by atoms with Crippen molar-refractivity contribution in [2.75, 3.05) is 0 Å². The average Bonchev–Trinajstić information content (AvgIpc) is 3.73. The minimum absolute atomic E-state index is 0. The van der Waals surface area contributed by atoms with E-state index in [0.29, 0.717) is 0 Å². The first-order valence-corrected chi connectivity index (χ1v) is 17.5. The van der Waals surface area contributed by atoms with Crippen LogP contribution in [0.3, 0.4) is 0 Å². The van der Waals surface area contributed by atoms with Crippen LogP contribution in [-0.2, 0) is 16.8 Å². The maximum Gasteiger partial charge on any atom is 3.00 e. The van der Waals surface area contributed by atoms with Gasteiger partial charge < -0.3 is 17.3 Å². The van der Waals surface area contributed by atoms with Gasteiger partial charge in [0.15, 0.2) is 0 Å². The van der Waals surface area contributed by atoms with Crippen molar-refractivity contribution in [1.29, 1.82) is 0 Å². The Morgan fingerprint density at radius 2 is 0.979 bits per heavy atom. The predicted molar refractivity (Wildman–Crippen MR) is 183 cm³/mol. The number of aromatic nitrogens is 4. The van der Waals surface area contributed by atoms with Gasteiger partial charge in [0, 0.05) is 0 Å². The summed E-state index contributed by atoms with van der Waals surface area (Å²) in [6.07, 6.45) is 6.75. The van der Waals surface area contributed by atoms with Crippen LogP contribution in [-0.4, -0.2) is 68.6 Å². The van der Waals surface area contributed by atoms with Crippen molar-refractivity contribution in [2.24, 2.45) is 10.2 Å². The van der Waals surface area contributed by atoms with Gasteiger partial charge in [0.25, 0.3) is 0 Å². The third kappa shape index (κ3) is 14.3. The first-order valence-electron chi connectivity index (χ1n) is 13.8. The maximum absolute atomic E-state index is 9.75. The van der Waals surface area contributed by atoms with E-state index in [9.17, 15) is 17.3 Å². The molecule has 0 atom stereocenters. The van der Waals surface area contributed by atoms with Gasteiger partial charge in [0.05, 0.1) is 0 Å². The second kappa shape index (κ2) is 19.6. The van der Waals surface area contributed by atoms with Crippen LogP contribution in [0.1, 0.15) is 22.5 Å². The molecule has 0 saturated carbocycles. The molecule has 246 valence electrons. The van der Waals surface area contributed by atoms with E-state index in [4.69, 9.17) is 0 Å². The van der Waals surface area contributed by atoms with Crippen molar-refractivity contribution in [3.63, 3.8) is 0 Å². The van der Waals surface area contributed by atoms with Crippen LogP contribution in [0, 0.1) is 13.8 Å². The first-order chi connectivity index (χ1) is 22.6. The summed E-state index contributed by atoms with van der Waals surface area (Å²) in [6.45, 7) is 4.15. The van der Waals surface area contributed by atoms with E-state index in [1.807, 2.05) is 36.4 Å². The molecule has 48 heavy (non-hydrogen) atoms. The largest absolute Gasteiger partial charge is 3.00 e. The van der Waals surface area contributed by atoms with Crippen molar-refractivity contribution in [3.05, 3.63) is 141 Å². The molecule has 16 heteroatoms. The molecule has 0 saturated heterocycles. The second-order valence-corrected chi connectivity index (χ2v) is 13.0. The maximum atomic E-state index is 9.75.